The second kappa shape index (κ2) is 5.45. The zero-order valence-electron chi connectivity index (χ0n) is 8.86. The van der Waals surface area contributed by atoms with Crippen LogP contribution >= 0.6 is 23.3 Å². The van der Waals surface area contributed by atoms with Gasteiger partial charge in [0.05, 0.1) is 6.07 Å². The van der Waals surface area contributed by atoms with Crippen LogP contribution in [0.3, 0.4) is 0 Å². The SMILES string of the molecule is Cc1nsc(SCCCC(C)(N)C#N)n1. The molecule has 1 aromatic heterocycles. The van der Waals surface area contributed by atoms with Crippen LogP contribution in [0.5, 0.6) is 0 Å². The van der Waals surface area contributed by atoms with Crippen LogP contribution in [0.1, 0.15) is 25.6 Å². The number of hydrogen-bond acceptors (Lipinski definition) is 6. The Morgan fingerprint density at radius 3 is 2.93 bits per heavy atom. The molecule has 0 saturated heterocycles. The Kier molecular flexibility index (Phi) is 4.51. The molecule has 1 rings (SSSR count). The lowest BCUT2D eigenvalue weighted by molar-refractivity contribution is 0.540. The number of nitriles is 1. The van der Waals surface area contributed by atoms with Crippen molar-refractivity contribution < 1.29 is 0 Å². The van der Waals surface area contributed by atoms with E-state index in [4.69, 9.17) is 11.0 Å². The molecule has 0 fully saturated rings. The van der Waals surface area contributed by atoms with E-state index < -0.39 is 5.54 Å². The predicted molar refractivity (Wildman–Crippen MR) is 62.8 cm³/mol. The van der Waals surface area contributed by atoms with Gasteiger partial charge < -0.3 is 5.73 Å². The molecule has 1 atom stereocenters. The van der Waals surface area contributed by atoms with E-state index >= 15 is 0 Å². The minimum atomic E-state index is -0.697. The second-order valence-corrected chi connectivity index (χ2v) is 5.68. The molecule has 0 aliphatic heterocycles. The minimum absolute atomic E-state index is 0.697. The van der Waals surface area contributed by atoms with Crippen molar-refractivity contribution >= 4 is 23.3 Å². The van der Waals surface area contributed by atoms with Gasteiger partial charge in [0, 0.05) is 5.75 Å². The molecule has 0 amide bonds. The van der Waals surface area contributed by atoms with E-state index in [2.05, 4.69) is 15.4 Å². The molecule has 6 heteroatoms. The van der Waals surface area contributed by atoms with E-state index in [1.165, 1.54) is 11.5 Å². The maximum absolute atomic E-state index is 8.71. The van der Waals surface area contributed by atoms with Crippen LogP contribution in [0.25, 0.3) is 0 Å². The lowest BCUT2D eigenvalue weighted by Crippen LogP contribution is -2.33. The van der Waals surface area contributed by atoms with E-state index in [9.17, 15) is 0 Å². The van der Waals surface area contributed by atoms with E-state index in [0.717, 1.165) is 22.3 Å². The standard InChI is InChI=1S/C9H14N4S2/c1-7-12-8(15-13-7)14-5-3-4-9(2,11)6-10/h3-5,11H2,1-2H3. The van der Waals surface area contributed by atoms with Crippen molar-refractivity contribution in [2.45, 2.75) is 36.6 Å². The third-order valence-electron chi connectivity index (χ3n) is 1.83. The lowest BCUT2D eigenvalue weighted by Gasteiger charge is -2.13. The van der Waals surface area contributed by atoms with Gasteiger partial charge >= 0.3 is 0 Å². The maximum Gasteiger partial charge on any atom is 0.170 e. The molecule has 1 unspecified atom stereocenters. The van der Waals surface area contributed by atoms with Gasteiger partial charge in [-0.05, 0) is 38.2 Å². The Bertz CT molecular complexity index is 353. The molecule has 0 aliphatic rings. The number of hydrogen-bond donors (Lipinski definition) is 1. The summed E-state index contributed by atoms with van der Waals surface area (Å²) in [6.07, 6.45) is 1.64. The predicted octanol–water partition coefficient (Wildman–Crippen LogP) is 1.96. The Hall–Kier alpha value is -0.640. The molecule has 1 aromatic rings. The van der Waals surface area contributed by atoms with Crippen LogP contribution in [-0.2, 0) is 0 Å². The molecule has 0 bridgehead atoms. The molecule has 0 aliphatic carbocycles. The minimum Gasteiger partial charge on any atom is -0.314 e. The van der Waals surface area contributed by atoms with E-state index in [-0.39, 0.29) is 0 Å². The summed E-state index contributed by atoms with van der Waals surface area (Å²) >= 11 is 3.09. The summed E-state index contributed by atoms with van der Waals surface area (Å²) in [6.45, 7) is 3.64. The van der Waals surface area contributed by atoms with Gasteiger partial charge in [-0.3, -0.25) is 0 Å². The zero-order chi connectivity index (χ0) is 11.3. The number of aryl methyl sites for hydroxylation is 1. The highest BCUT2D eigenvalue weighted by molar-refractivity contribution is 8.00. The van der Waals surface area contributed by atoms with Crippen molar-refractivity contribution in [2.24, 2.45) is 5.73 Å². The summed E-state index contributed by atoms with van der Waals surface area (Å²) in [6, 6.07) is 2.09. The number of thioether (sulfide) groups is 1. The molecule has 2 N–H and O–H groups in total. The van der Waals surface area contributed by atoms with Gasteiger partial charge in [-0.25, -0.2) is 4.98 Å². The summed E-state index contributed by atoms with van der Waals surface area (Å²) in [5.41, 5.74) is 5.01. The highest BCUT2D eigenvalue weighted by atomic mass is 32.2. The van der Waals surface area contributed by atoms with Gasteiger partial charge in [0.25, 0.3) is 0 Å². The third-order valence-corrected chi connectivity index (χ3v) is 3.84. The Labute approximate surface area is 98.1 Å². The average molecular weight is 242 g/mol. The van der Waals surface area contributed by atoms with Crippen molar-refractivity contribution in [3.05, 3.63) is 5.82 Å². The second-order valence-electron chi connectivity index (χ2n) is 3.59. The average Bonchev–Trinajstić information content (AvgIpc) is 2.59. The molecule has 0 aromatic carbocycles. The lowest BCUT2D eigenvalue weighted by atomic mass is 10.0. The smallest absolute Gasteiger partial charge is 0.170 e. The van der Waals surface area contributed by atoms with Gasteiger partial charge in [0.15, 0.2) is 4.34 Å². The quantitative estimate of drug-likeness (QED) is 0.631. The van der Waals surface area contributed by atoms with Gasteiger partial charge in [-0.2, -0.15) is 9.64 Å². The van der Waals surface area contributed by atoms with Crippen molar-refractivity contribution in [2.75, 3.05) is 5.75 Å². The number of nitrogens with zero attached hydrogens (tertiary/aromatic N) is 3. The summed E-state index contributed by atoms with van der Waals surface area (Å²) in [7, 11) is 0. The largest absolute Gasteiger partial charge is 0.314 e. The van der Waals surface area contributed by atoms with Crippen LogP contribution in [0.4, 0.5) is 0 Å². The molecule has 0 spiro atoms. The molecular formula is C9H14N4S2. The summed E-state index contributed by atoms with van der Waals surface area (Å²) in [5, 5.41) is 8.71. The summed E-state index contributed by atoms with van der Waals surface area (Å²) in [5.74, 6) is 1.76. The van der Waals surface area contributed by atoms with Gasteiger partial charge in [-0.1, -0.05) is 11.8 Å². The Morgan fingerprint density at radius 2 is 2.40 bits per heavy atom. The van der Waals surface area contributed by atoms with Crippen LogP contribution in [0.2, 0.25) is 0 Å². The van der Waals surface area contributed by atoms with Crippen LogP contribution in [0.15, 0.2) is 4.34 Å². The molecule has 4 nitrogen and oxygen atoms in total. The fourth-order valence-corrected chi connectivity index (χ4v) is 2.65. The first-order chi connectivity index (χ1) is 7.03. The van der Waals surface area contributed by atoms with E-state index in [1.807, 2.05) is 6.92 Å². The first-order valence-corrected chi connectivity index (χ1v) is 6.43. The zero-order valence-corrected chi connectivity index (χ0v) is 10.5. The monoisotopic (exact) mass is 242 g/mol. The molecule has 1 heterocycles. The Morgan fingerprint density at radius 1 is 1.67 bits per heavy atom. The summed E-state index contributed by atoms with van der Waals surface area (Å²) in [4.78, 5) is 4.24. The highest BCUT2D eigenvalue weighted by Crippen LogP contribution is 2.22. The molecular weight excluding hydrogens is 228 g/mol. The number of rotatable bonds is 5. The first kappa shape index (κ1) is 12.4. The topological polar surface area (TPSA) is 75.6 Å². The van der Waals surface area contributed by atoms with E-state index in [0.29, 0.717) is 6.42 Å². The normalized spacial score (nSPS) is 14.5. The molecule has 82 valence electrons. The Balaban J connectivity index is 2.21. The van der Waals surface area contributed by atoms with Crippen molar-refractivity contribution in [1.82, 2.24) is 9.36 Å². The van der Waals surface area contributed by atoms with Crippen molar-refractivity contribution in [3.8, 4) is 6.07 Å². The van der Waals surface area contributed by atoms with E-state index in [1.54, 1.807) is 18.7 Å². The van der Waals surface area contributed by atoms with Crippen LogP contribution < -0.4 is 5.73 Å². The molecule has 0 saturated carbocycles. The van der Waals surface area contributed by atoms with Crippen LogP contribution in [0, 0.1) is 18.3 Å². The molecule has 0 radical (unpaired) electrons. The van der Waals surface area contributed by atoms with Gasteiger partial charge in [-0.15, -0.1) is 0 Å². The summed E-state index contributed by atoms with van der Waals surface area (Å²) < 4.78 is 5.08. The fourth-order valence-electron chi connectivity index (χ4n) is 0.991. The molecule has 15 heavy (non-hydrogen) atoms. The maximum atomic E-state index is 8.71. The van der Waals surface area contributed by atoms with Gasteiger partial charge in [0.2, 0.25) is 0 Å². The first-order valence-electron chi connectivity index (χ1n) is 4.67. The number of aromatic nitrogens is 2. The van der Waals surface area contributed by atoms with Gasteiger partial charge in [0.1, 0.15) is 11.4 Å². The van der Waals surface area contributed by atoms with Crippen molar-refractivity contribution in [1.29, 1.82) is 5.26 Å². The van der Waals surface area contributed by atoms with Crippen LogP contribution in [-0.4, -0.2) is 20.6 Å². The third kappa shape index (κ3) is 4.60. The number of nitrogens with two attached hydrogens (primary N) is 1. The fraction of sp³-hybridized carbons (Fsp3) is 0.667. The van der Waals surface area contributed by atoms with Crippen molar-refractivity contribution in [3.63, 3.8) is 0 Å². The highest BCUT2D eigenvalue weighted by Gasteiger charge is 2.16.